The van der Waals surface area contributed by atoms with Gasteiger partial charge in [0.15, 0.2) is 0 Å². The molecule has 0 aliphatic carbocycles. The van der Waals surface area contributed by atoms with Crippen molar-refractivity contribution >= 4 is 21.5 Å². The maximum Gasteiger partial charge on any atom is 0.0650 e. The average molecular weight is 244 g/mol. The summed E-state index contributed by atoms with van der Waals surface area (Å²) in [5, 5.41) is 12.1. The third-order valence-electron chi connectivity index (χ3n) is 3.52. The van der Waals surface area contributed by atoms with Crippen LogP contribution in [0.25, 0.3) is 32.8 Å². The van der Waals surface area contributed by atoms with Crippen LogP contribution in [-0.2, 0) is 0 Å². The van der Waals surface area contributed by atoms with Crippen molar-refractivity contribution < 1.29 is 0 Å². The molecule has 1 aromatic heterocycles. The predicted octanol–water partition coefficient (Wildman–Crippen LogP) is 4.38. The van der Waals surface area contributed by atoms with E-state index in [2.05, 4.69) is 64.8 Å². The summed E-state index contributed by atoms with van der Waals surface area (Å²) in [5.41, 5.74) is 2.22. The second kappa shape index (κ2) is 3.95. The fourth-order valence-corrected chi connectivity index (χ4v) is 2.52. The predicted molar refractivity (Wildman–Crippen MR) is 79.0 cm³/mol. The van der Waals surface area contributed by atoms with E-state index >= 15 is 0 Å². The Balaban J connectivity index is 2.00. The Labute approximate surface area is 110 Å². The van der Waals surface area contributed by atoms with Crippen molar-refractivity contribution in [1.82, 2.24) is 10.2 Å². The van der Waals surface area contributed by atoms with Crippen molar-refractivity contribution in [1.29, 1.82) is 0 Å². The van der Waals surface area contributed by atoms with E-state index in [4.69, 9.17) is 0 Å². The molecular formula is C17H12N2. The van der Waals surface area contributed by atoms with Crippen molar-refractivity contribution in [2.75, 3.05) is 0 Å². The quantitative estimate of drug-likeness (QED) is 0.494. The van der Waals surface area contributed by atoms with Gasteiger partial charge in [-0.1, -0.05) is 36.4 Å². The molecule has 0 radical (unpaired) electrons. The molecule has 0 spiro atoms. The fraction of sp³-hybridized carbons (Fsp3) is 0. The van der Waals surface area contributed by atoms with Crippen molar-refractivity contribution in [2.24, 2.45) is 0 Å². The normalized spacial score (nSPS) is 11.2. The number of aromatic nitrogens is 2. The molecule has 4 aromatic rings. The van der Waals surface area contributed by atoms with Crippen molar-refractivity contribution in [3.63, 3.8) is 0 Å². The van der Waals surface area contributed by atoms with E-state index in [1.807, 2.05) is 6.07 Å². The molecule has 1 N–H and O–H groups in total. The van der Waals surface area contributed by atoms with Crippen LogP contribution in [0.4, 0.5) is 0 Å². The van der Waals surface area contributed by atoms with E-state index in [-0.39, 0.29) is 0 Å². The summed E-state index contributed by atoms with van der Waals surface area (Å²) >= 11 is 0. The molecule has 4 rings (SSSR count). The highest BCUT2D eigenvalue weighted by Crippen LogP contribution is 2.26. The van der Waals surface area contributed by atoms with Gasteiger partial charge < -0.3 is 0 Å². The van der Waals surface area contributed by atoms with Crippen LogP contribution >= 0.6 is 0 Å². The summed E-state index contributed by atoms with van der Waals surface area (Å²) in [4.78, 5) is 0. The fourth-order valence-electron chi connectivity index (χ4n) is 2.52. The number of aromatic amines is 1. The first-order valence-electron chi connectivity index (χ1n) is 6.32. The SMILES string of the molecule is c1ccc2cc3cc(-c4ccn[nH]4)ccc3cc2c1. The van der Waals surface area contributed by atoms with Crippen LogP contribution in [-0.4, -0.2) is 10.2 Å². The Morgan fingerprint density at radius 1 is 0.684 bits per heavy atom. The number of fused-ring (bicyclic) bond motifs is 2. The Bertz CT molecular complexity index is 861. The van der Waals surface area contributed by atoms with Gasteiger partial charge in [0.05, 0.1) is 5.69 Å². The summed E-state index contributed by atoms with van der Waals surface area (Å²) < 4.78 is 0. The van der Waals surface area contributed by atoms with Gasteiger partial charge in [0.25, 0.3) is 0 Å². The van der Waals surface area contributed by atoms with Gasteiger partial charge >= 0.3 is 0 Å². The van der Waals surface area contributed by atoms with E-state index < -0.39 is 0 Å². The Hall–Kier alpha value is -2.61. The maximum absolute atomic E-state index is 4.00. The molecule has 0 fully saturated rings. The number of nitrogens with one attached hydrogen (secondary N) is 1. The van der Waals surface area contributed by atoms with Gasteiger partial charge in [-0.15, -0.1) is 0 Å². The highest BCUT2D eigenvalue weighted by molar-refractivity contribution is 5.99. The molecule has 1 heterocycles. The number of hydrogen-bond acceptors (Lipinski definition) is 1. The lowest BCUT2D eigenvalue weighted by molar-refractivity contribution is 1.10. The van der Waals surface area contributed by atoms with Crippen molar-refractivity contribution in [3.8, 4) is 11.3 Å². The molecule has 3 aromatic carbocycles. The molecule has 0 aliphatic rings. The minimum absolute atomic E-state index is 1.05. The first-order valence-corrected chi connectivity index (χ1v) is 6.32. The smallest absolute Gasteiger partial charge is 0.0650 e. The minimum atomic E-state index is 1.05. The first-order chi connectivity index (χ1) is 9.40. The zero-order valence-corrected chi connectivity index (χ0v) is 10.3. The van der Waals surface area contributed by atoms with Crippen LogP contribution in [0.5, 0.6) is 0 Å². The summed E-state index contributed by atoms with van der Waals surface area (Å²) in [6.07, 6.45) is 1.78. The highest BCUT2D eigenvalue weighted by atomic mass is 15.1. The van der Waals surface area contributed by atoms with E-state index in [0.29, 0.717) is 0 Å². The number of H-pyrrole nitrogens is 1. The Morgan fingerprint density at radius 3 is 2.16 bits per heavy atom. The zero-order chi connectivity index (χ0) is 12.7. The largest absolute Gasteiger partial charge is 0.278 e. The summed E-state index contributed by atoms with van der Waals surface area (Å²) in [7, 11) is 0. The lowest BCUT2D eigenvalue weighted by Gasteiger charge is -2.04. The monoisotopic (exact) mass is 244 g/mol. The molecule has 90 valence electrons. The van der Waals surface area contributed by atoms with Crippen LogP contribution in [0.2, 0.25) is 0 Å². The molecule has 0 unspecified atom stereocenters. The van der Waals surface area contributed by atoms with Gasteiger partial charge in [0.1, 0.15) is 0 Å². The maximum atomic E-state index is 4.00. The van der Waals surface area contributed by atoms with Crippen LogP contribution in [0.1, 0.15) is 0 Å². The molecule has 0 saturated carbocycles. The molecule has 2 heteroatoms. The second-order valence-corrected chi connectivity index (χ2v) is 4.73. The van der Waals surface area contributed by atoms with Crippen LogP contribution in [0, 0.1) is 0 Å². The summed E-state index contributed by atoms with van der Waals surface area (Å²) in [6, 6.07) is 21.4. The second-order valence-electron chi connectivity index (χ2n) is 4.73. The van der Waals surface area contributed by atoms with Gasteiger partial charge in [0, 0.05) is 11.8 Å². The average Bonchev–Trinajstić information content (AvgIpc) is 2.98. The highest BCUT2D eigenvalue weighted by Gasteiger charge is 2.02. The Morgan fingerprint density at radius 2 is 1.42 bits per heavy atom. The molecular weight excluding hydrogens is 232 g/mol. The van der Waals surface area contributed by atoms with Gasteiger partial charge in [-0.3, -0.25) is 5.10 Å². The number of hydrogen-bond donors (Lipinski definition) is 1. The van der Waals surface area contributed by atoms with Gasteiger partial charge in [-0.2, -0.15) is 5.10 Å². The number of rotatable bonds is 1. The zero-order valence-electron chi connectivity index (χ0n) is 10.3. The van der Waals surface area contributed by atoms with Gasteiger partial charge in [-0.25, -0.2) is 0 Å². The minimum Gasteiger partial charge on any atom is -0.278 e. The molecule has 0 amide bonds. The van der Waals surface area contributed by atoms with Crippen LogP contribution in [0.3, 0.4) is 0 Å². The van der Waals surface area contributed by atoms with E-state index in [1.165, 1.54) is 27.1 Å². The standard InChI is InChI=1S/C17H12N2/c1-2-4-13-10-16-11-15(17-7-8-18-19-17)6-5-14(16)9-12(13)3-1/h1-11H,(H,18,19). The molecule has 19 heavy (non-hydrogen) atoms. The topological polar surface area (TPSA) is 28.7 Å². The first kappa shape index (κ1) is 10.3. The molecule has 0 atom stereocenters. The van der Waals surface area contributed by atoms with Crippen LogP contribution < -0.4 is 0 Å². The van der Waals surface area contributed by atoms with E-state index in [9.17, 15) is 0 Å². The van der Waals surface area contributed by atoms with Crippen LogP contribution in [0.15, 0.2) is 66.9 Å². The van der Waals surface area contributed by atoms with Gasteiger partial charge in [-0.05, 0) is 45.8 Å². The third-order valence-corrected chi connectivity index (χ3v) is 3.52. The third kappa shape index (κ3) is 1.69. The van der Waals surface area contributed by atoms with Crippen molar-refractivity contribution in [2.45, 2.75) is 0 Å². The van der Waals surface area contributed by atoms with E-state index in [0.717, 1.165) is 5.69 Å². The molecule has 0 saturated heterocycles. The van der Waals surface area contributed by atoms with Crippen molar-refractivity contribution in [3.05, 3.63) is 66.9 Å². The summed E-state index contributed by atoms with van der Waals surface area (Å²) in [5.74, 6) is 0. The lowest BCUT2D eigenvalue weighted by Crippen LogP contribution is -1.80. The molecule has 0 aliphatic heterocycles. The number of nitrogens with zero attached hydrogens (tertiary/aromatic N) is 1. The molecule has 2 nitrogen and oxygen atoms in total. The molecule has 0 bridgehead atoms. The van der Waals surface area contributed by atoms with Gasteiger partial charge in [0.2, 0.25) is 0 Å². The lowest BCUT2D eigenvalue weighted by atomic mass is 10.0. The Kier molecular flexibility index (Phi) is 2.15. The van der Waals surface area contributed by atoms with E-state index in [1.54, 1.807) is 6.20 Å². The summed E-state index contributed by atoms with van der Waals surface area (Å²) in [6.45, 7) is 0. The number of benzene rings is 3.